The van der Waals surface area contributed by atoms with Crippen LogP contribution in [0.2, 0.25) is 0 Å². The number of sulfonamides is 1. The van der Waals surface area contributed by atoms with Gasteiger partial charge in [-0.1, -0.05) is 36.4 Å². The molecule has 166 valence electrons. The second-order valence-corrected chi connectivity index (χ2v) is 9.39. The van der Waals surface area contributed by atoms with Crippen molar-refractivity contribution in [3.05, 3.63) is 95.8 Å². The monoisotopic (exact) mass is 454 g/mol. The minimum Gasteiger partial charge on any atom is -0.489 e. The van der Waals surface area contributed by atoms with Crippen molar-refractivity contribution in [2.75, 3.05) is 26.2 Å². The van der Waals surface area contributed by atoms with Crippen LogP contribution in [0.4, 0.5) is 4.39 Å². The van der Waals surface area contributed by atoms with E-state index in [-0.39, 0.29) is 37.0 Å². The summed E-state index contributed by atoms with van der Waals surface area (Å²) in [5.41, 5.74) is 1.48. The zero-order valence-electron chi connectivity index (χ0n) is 17.4. The lowest BCUT2D eigenvalue weighted by Crippen LogP contribution is -2.50. The molecule has 3 aromatic rings. The molecule has 3 aromatic carbocycles. The number of nitrogens with zero attached hydrogens (tertiary/aromatic N) is 2. The number of carbonyl (C=O) groups excluding carboxylic acids is 1. The SMILES string of the molecule is O=C(c1ccc(COc2ccccc2)cc1)N1CCN(S(=O)(=O)c2cccc(F)c2)CC1. The number of carbonyl (C=O) groups is 1. The van der Waals surface area contributed by atoms with Gasteiger partial charge >= 0.3 is 0 Å². The van der Waals surface area contributed by atoms with Crippen LogP contribution in [-0.2, 0) is 16.6 Å². The lowest BCUT2D eigenvalue weighted by molar-refractivity contribution is 0.0698. The predicted octanol–water partition coefficient (Wildman–Crippen LogP) is 3.55. The van der Waals surface area contributed by atoms with Crippen LogP contribution in [-0.4, -0.2) is 49.7 Å². The fourth-order valence-corrected chi connectivity index (χ4v) is 4.97. The molecular weight excluding hydrogens is 431 g/mol. The predicted molar refractivity (Wildman–Crippen MR) is 118 cm³/mol. The normalized spacial score (nSPS) is 14.8. The lowest BCUT2D eigenvalue weighted by atomic mass is 10.1. The first-order valence-corrected chi connectivity index (χ1v) is 11.7. The number of hydrogen-bond acceptors (Lipinski definition) is 4. The van der Waals surface area contributed by atoms with Gasteiger partial charge in [0.15, 0.2) is 0 Å². The number of ether oxygens (including phenoxy) is 1. The van der Waals surface area contributed by atoms with E-state index in [1.165, 1.54) is 22.5 Å². The van der Waals surface area contributed by atoms with Crippen LogP contribution in [0.15, 0.2) is 83.8 Å². The molecule has 6 nitrogen and oxygen atoms in total. The molecule has 1 fully saturated rings. The maximum atomic E-state index is 13.4. The zero-order chi connectivity index (χ0) is 22.6. The smallest absolute Gasteiger partial charge is 0.253 e. The molecule has 8 heteroatoms. The van der Waals surface area contributed by atoms with E-state index in [9.17, 15) is 17.6 Å². The second kappa shape index (κ2) is 9.50. The fraction of sp³-hybridized carbons (Fsp3) is 0.208. The average Bonchev–Trinajstić information content (AvgIpc) is 2.83. The van der Waals surface area contributed by atoms with Crippen molar-refractivity contribution in [3.8, 4) is 5.75 Å². The van der Waals surface area contributed by atoms with Gasteiger partial charge in [0.2, 0.25) is 10.0 Å². The van der Waals surface area contributed by atoms with Crippen molar-refractivity contribution >= 4 is 15.9 Å². The molecule has 0 N–H and O–H groups in total. The largest absolute Gasteiger partial charge is 0.489 e. The van der Waals surface area contributed by atoms with E-state index in [4.69, 9.17) is 4.74 Å². The Morgan fingerprint density at radius 3 is 2.22 bits per heavy atom. The van der Waals surface area contributed by atoms with Gasteiger partial charge in [-0.15, -0.1) is 0 Å². The maximum absolute atomic E-state index is 13.4. The zero-order valence-corrected chi connectivity index (χ0v) is 18.2. The number of amides is 1. The van der Waals surface area contributed by atoms with E-state index in [1.807, 2.05) is 42.5 Å². The number of rotatable bonds is 6. The van der Waals surface area contributed by atoms with Crippen molar-refractivity contribution in [1.29, 1.82) is 0 Å². The Bertz CT molecular complexity index is 1180. The topological polar surface area (TPSA) is 66.9 Å². The van der Waals surface area contributed by atoms with Gasteiger partial charge in [0.05, 0.1) is 4.90 Å². The van der Waals surface area contributed by atoms with E-state index in [2.05, 4.69) is 0 Å². The van der Waals surface area contributed by atoms with Crippen LogP contribution >= 0.6 is 0 Å². The first-order valence-electron chi connectivity index (χ1n) is 10.3. The van der Waals surface area contributed by atoms with Crippen LogP contribution in [0, 0.1) is 5.82 Å². The van der Waals surface area contributed by atoms with Crippen molar-refractivity contribution in [1.82, 2.24) is 9.21 Å². The summed E-state index contributed by atoms with van der Waals surface area (Å²) in [5, 5.41) is 0. The van der Waals surface area contributed by atoms with Crippen LogP contribution in [0.25, 0.3) is 0 Å². The molecule has 1 aliphatic rings. The summed E-state index contributed by atoms with van der Waals surface area (Å²) in [6.45, 7) is 1.26. The Morgan fingerprint density at radius 1 is 0.875 bits per heavy atom. The Labute approximate surface area is 186 Å². The molecule has 0 radical (unpaired) electrons. The molecular formula is C24H23FN2O4S. The summed E-state index contributed by atoms with van der Waals surface area (Å²) in [5.74, 6) is 0.0274. The first kappa shape index (κ1) is 22.0. The summed E-state index contributed by atoms with van der Waals surface area (Å²) in [6.07, 6.45) is 0. The van der Waals surface area contributed by atoms with E-state index in [0.29, 0.717) is 12.2 Å². The summed E-state index contributed by atoms with van der Waals surface area (Å²) in [7, 11) is -3.79. The number of benzene rings is 3. The Balaban J connectivity index is 1.34. The molecule has 1 heterocycles. The minimum atomic E-state index is -3.79. The van der Waals surface area contributed by atoms with E-state index in [0.717, 1.165) is 17.4 Å². The molecule has 1 saturated heterocycles. The third-order valence-electron chi connectivity index (χ3n) is 5.31. The quantitative estimate of drug-likeness (QED) is 0.571. The third-order valence-corrected chi connectivity index (χ3v) is 7.20. The van der Waals surface area contributed by atoms with Gasteiger partial charge in [-0.2, -0.15) is 4.31 Å². The van der Waals surface area contributed by atoms with Crippen LogP contribution in [0.3, 0.4) is 0 Å². The van der Waals surface area contributed by atoms with Gasteiger partial charge in [-0.25, -0.2) is 12.8 Å². The summed E-state index contributed by atoms with van der Waals surface area (Å²) in [4.78, 5) is 14.4. The third kappa shape index (κ3) is 4.98. The fourth-order valence-electron chi connectivity index (χ4n) is 3.52. The minimum absolute atomic E-state index is 0.0782. The maximum Gasteiger partial charge on any atom is 0.253 e. The first-order chi connectivity index (χ1) is 15.4. The molecule has 1 aliphatic heterocycles. The summed E-state index contributed by atoms with van der Waals surface area (Å²) >= 11 is 0. The van der Waals surface area contributed by atoms with Crippen molar-refractivity contribution in [3.63, 3.8) is 0 Å². The number of hydrogen-bond donors (Lipinski definition) is 0. The van der Waals surface area contributed by atoms with E-state index in [1.54, 1.807) is 17.0 Å². The van der Waals surface area contributed by atoms with Crippen LogP contribution in [0.1, 0.15) is 15.9 Å². The molecule has 0 saturated carbocycles. The Hall–Kier alpha value is -3.23. The summed E-state index contributed by atoms with van der Waals surface area (Å²) in [6, 6.07) is 21.6. The molecule has 0 spiro atoms. The van der Waals surface area contributed by atoms with Gasteiger partial charge in [0.1, 0.15) is 18.2 Å². The summed E-state index contributed by atoms with van der Waals surface area (Å²) < 4.78 is 45.9. The highest BCUT2D eigenvalue weighted by atomic mass is 32.2. The van der Waals surface area contributed by atoms with Crippen molar-refractivity contribution in [2.24, 2.45) is 0 Å². The molecule has 1 amide bonds. The van der Waals surface area contributed by atoms with E-state index >= 15 is 0 Å². The molecule has 0 unspecified atom stereocenters. The van der Waals surface area contributed by atoms with Gasteiger partial charge < -0.3 is 9.64 Å². The molecule has 0 bridgehead atoms. The highest BCUT2D eigenvalue weighted by molar-refractivity contribution is 7.89. The van der Waals surface area contributed by atoms with E-state index < -0.39 is 15.8 Å². The molecule has 0 atom stereocenters. The average molecular weight is 455 g/mol. The second-order valence-electron chi connectivity index (χ2n) is 7.45. The van der Waals surface area contributed by atoms with Gasteiger partial charge in [0.25, 0.3) is 5.91 Å². The van der Waals surface area contributed by atoms with Gasteiger partial charge in [-0.3, -0.25) is 4.79 Å². The highest BCUT2D eigenvalue weighted by Crippen LogP contribution is 2.20. The Kier molecular flexibility index (Phi) is 6.53. The van der Waals surface area contributed by atoms with Crippen molar-refractivity contribution in [2.45, 2.75) is 11.5 Å². The Morgan fingerprint density at radius 2 is 1.56 bits per heavy atom. The van der Waals surface area contributed by atoms with Crippen LogP contribution < -0.4 is 4.74 Å². The van der Waals surface area contributed by atoms with Crippen LogP contribution in [0.5, 0.6) is 5.75 Å². The number of piperazine rings is 1. The standard InChI is InChI=1S/C24H23FN2O4S/c25-21-5-4-8-23(17-21)32(29,30)27-15-13-26(14-16-27)24(28)20-11-9-19(10-12-20)18-31-22-6-2-1-3-7-22/h1-12,17H,13-16,18H2. The lowest BCUT2D eigenvalue weighted by Gasteiger charge is -2.34. The van der Waals surface area contributed by atoms with Gasteiger partial charge in [0, 0.05) is 31.7 Å². The molecule has 32 heavy (non-hydrogen) atoms. The van der Waals surface area contributed by atoms with Crippen molar-refractivity contribution < 1.29 is 22.3 Å². The van der Waals surface area contributed by atoms with Gasteiger partial charge in [-0.05, 0) is 48.0 Å². The highest BCUT2D eigenvalue weighted by Gasteiger charge is 2.30. The molecule has 0 aromatic heterocycles. The number of halogens is 1. The molecule has 4 rings (SSSR count). The number of para-hydroxylation sites is 1. The molecule has 0 aliphatic carbocycles.